The van der Waals surface area contributed by atoms with Gasteiger partial charge >= 0.3 is 0 Å². The summed E-state index contributed by atoms with van der Waals surface area (Å²) >= 11 is 0. The summed E-state index contributed by atoms with van der Waals surface area (Å²) in [7, 11) is 0. The Balaban J connectivity index is 1.31. The lowest BCUT2D eigenvalue weighted by Crippen LogP contribution is -2.16. The van der Waals surface area contributed by atoms with Crippen LogP contribution in [0.4, 0.5) is 5.69 Å². The quantitative estimate of drug-likeness (QED) is 0.439. The molecule has 0 radical (unpaired) electrons. The van der Waals surface area contributed by atoms with Gasteiger partial charge in [0.2, 0.25) is 0 Å². The van der Waals surface area contributed by atoms with Crippen molar-refractivity contribution in [1.29, 1.82) is 0 Å². The number of para-hydroxylation sites is 2. The monoisotopic (exact) mass is 591 g/mol. The molecule has 10 nitrogen and oxygen atoms in total. The minimum atomic E-state index is -0.269. The summed E-state index contributed by atoms with van der Waals surface area (Å²) in [5, 5.41) is 2.88. The summed E-state index contributed by atoms with van der Waals surface area (Å²) in [6.45, 7) is 4.51. The van der Waals surface area contributed by atoms with Crippen LogP contribution in [-0.4, -0.2) is 85.2 Å². The van der Waals surface area contributed by atoms with Crippen molar-refractivity contribution in [2.45, 2.75) is 0 Å². The smallest absolute Gasteiger partial charge is 0.255 e. The second kappa shape index (κ2) is 18.3. The first-order valence-electron chi connectivity index (χ1n) is 14.2. The highest BCUT2D eigenvalue weighted by atomic mass is 16.6. The van der Waals surface area contributed by atoms with E-state index in [0.29, 0.717) is 112 Å². The summed E-state index contributed by atoms with van der Waals surface area (Å²) < 4.78 is 46.0. The fourth-order valence-corrected chi connectivity index (χ4v) is 3.91. The molecule has 0 aromatic heterocycles. The van der Waals surface area contributed by atoms with E-state index in [1.807, 2.05) is 24.3 Å². The third-order valence-electron chi connectivity index (χ3n) is 6.05. The molecule has 1 amide bonds. The lowest BCUT2D eigenvalue weighted by atomic mass is 10.1. The highest BCUT2D eigenvalue weighted by Crippen LogP contribution is 2.31. The Bertz CT molecular complexity index is 1310. The van der Waals surface area contributed by atoms with Gasteiger partial charge in [-0.2, -0.15) is 0 Å². The molecule has 3 aromatic rings. The van der Waals surface area contributed by atoms with Crippen molar-refractivity contribution in [2.75, 3.05) is 84.6 Å². The van der Waals surface area contributed by atoms with E-state index in [0.717, 1.165) is 0 Å². The van der Waals surface area contributed by atoms with Crippen molar-refractivity contribution in [2.24, 2.45) is 0 Å². The van der Waals surface area contributed by atoms with E-state index in [-0.39, 0.29) is 12.5 Å². The van der Waals surface area contributed by atoms with Crippen LogP contribution in [0, 0.1) is 12.3 Å². The zero-order valence-electron chi connectivity index (χ0n) is 24.1. The molecule has 3 aromatic carbocycles. The molecule has 0 aliphatic carbocycles. The maximum absolute atomic E-state index is 12.7. The highest BCUT2D eigenvalue weighted by Gasteiger charge is 2.11. The Kier molecular flexibility index (Phi) is 13.5. The molecule has 0 saturated carbocycles. The van der Waals surface area contributed by atoms with Crippen LogP contribution in [0.1, 0.15) is 15.9 Å². The van der Waals surface area contributed by atoms with Crippen LogP contribution in [0.2, 0.25) is 0 Å². The summed E-state index contributed by atoms with van der Waals surface area (Å²) in [4.78, 5) is 12.7. The van der Waals surface area contributed by atoms with Gasteiger partial charge in [-0.3, -0.25) is 4.79 Å². The molecule has 0 saturated heterocycles. The summed E-state index contributed by atoms with van der Waals surface area (Å²) in [5.74, 6) is 4.56. The van der Waals surface area contributed by atoms with Crippen molar-refractivity contribution in [3.05, 3.63) is 77.9 Å². The van der Waals surface area contributed by atoms with Crippen molar-refractivity contribution >= 4 is 11.6 Å². The Morgan fingerprint density at radius 2 is 1.00 bits per heavy atom. The molecule has 1 heterocycles. The minimum Gasteiger partial charge on any atom is -0.487 e. The number of amides is 1. The van der Waals surface area contributed by atoms with E-state index in [9.17, 15) is 4.79 Å². The maximum Gasteiger partial charge on any atom is 0.255 e. The first-order chi connectivity index (χ1) is 21.2. The second-order valence-electron chi connectivity index (χ2n) is 9.13. The number of benzene rings is 3. The van der Waals surface area contributed by atoms with Crippen LogP contribution in [0.3, 0.4) is 0 Å². The second-order valence-corrected chi connectivity index (χ2v) is 9.13. The van der Waals surface area contributed by atoms with Gasteiger partial charge in [0, 0.05) is 22.9 Å². The Morgan fingerprint density at radius 3 is 1.49 bits per heavy atom. The van der Waals surface area contributed by atoms with Crippen LogP contribution in [0.15, 0.2) is 66.7 Å². The zero-order valence-corrected chi connectivity index (χ0v) is 24.1. The van der Waals surface area contributed by atoms with Crippen molar-refractivity contribution in [3.63, 3.8) is 0 Å². The predicted octanol–water partition coefficient (Wildman–Crippen LogP) is 4.22. The number of nitrogens with one attached hydrogen (secondary N) is 1. The van der Waals surface area contributed by atoms with Crippen molar-refractivity contribution < 1.29 is 42.7 Å². The molecule has 0 unspecified atom stereocenters. The average Bonchev–Trinajstić information content (AvgIpc) is 3.03. The molecule has 4 rings (SSSR count). The highest BCUT2D eigenvalue weighted by molar-refractivity contribution is 6.04. The lowest BCUT2D eigenvalue weighted by Gasteiger charge is -2.15. The maximum atomic E-state index is 12.7. The molecule has 228 valence electrons. The van der Waals surface area contributed by atoms with Gasteiger partial charge in [-0.05, 0) is 48.5 Å². The molecule has 0 bridgehead atoms. The number of hydrogen-bond acceptors (Lipinski definition) is 9. The zero-order chi connectivity index (χ0) is 30.0. The molecule has 10 heteroatoms. The van der Waals surface area contributed by atoms with Crippen molar-refractivity contribution in [1.82, 2.24) is 0 Å². The van der Waals surface area contributed by atoms with E-state index < -0.39 is 0 Å². The third-order valence-corrected chi connectivity index (χ3v) is 6.05. The fourth-order valence-electron chi connectivity index (χ4n) is 3.91. The van der Waals surface area contributed by atoms with E-state index in [2.05, 4.69) is 11.2 Å². The lowest BCUT2D eigenvalue weighted by molar-refractivity contribution is 0.0223. The van der Waals surface area contributed by atoms with Crippen LogP contribution in [-0.2, 0) is 18.9 Å². The van der Waals surface area contributed by atoms with Gasteiger partial charge in [0.25, 0.3) is 5.91 Å². The molecular formula is C33H37NO9. The number of carbonyl (C=O) groups excluding carboxylic acids is 1. The van der Waals surface area contributed by atoms with E-state index in [4.69, 9.17) is 44.3 Å². The minimum absolute atomic E-state index is 0.269. The van der Waals surface area contributed by atoms with Crippen LogP contribution >= 0.6 is 0 Å². The normalized spacial score (nSPS) is 16.2. The number of carbonyl (C=O) groups is 1. The molecule has 1 N–H and O–H groups in total. The molecule has 0 atom stereocenters. The van der Waals surface area contributed by atoms with Crippen LogP contribution in [0.5, 0.6) is 23.0 Å². The van der Waals surface area contributed by atoms with Gasteiger partial charge in [0.1, 0.15) is 26.4 Å². The standard InChI is InChI=1S/C33H37NO9/c1-2-26-7-9-27(10-8-26)33(35)34-28-11-12-31-32(25-28)43-24-20-39-16-15-37-18-22-41-30-6-4-3-5-29(30)40-21-17-36-13-14-38-19-23-42-31/h1,3-12,25H,13-24H2,(H,34,35). The molecular weight excluding hydrogens is 554 g/mol. The topological polar surface area (TPSA) is 103 Å². The predicted molar refractivity (Wildman–Crippen MR) is 160 cm³/mol. The fraction of sp³-hybridized carbons (Fsp3) is 0.364. The molecule has 43 heavy (non-hydrogen) atoms. The number of rotatable bonds is 2. The average molecular weight is 592 g/mol. The Labute approximate surface area is 252 Å². The largest absolute Gasteiger partial charge is 0.487 e. The number of terminal acetylenes is 1. The van der Waals surface area contributed by atoms with E-state index in [1.54, 1.807) is 42.5 Å². The van der Waals surface area contributed by atoms with Gasteiger partial charge in [-0.25, -0.2) is 0 Å². The first-order valence-corrected chi connectivity index (χ1v) is 14.2. The Morgan fingerprint density at radius 1 is 0.558 bits per heavy atom. The molecule has 1 aliphatic rings. The number of anilines is 1. The van der Waals surface area contributed by atoms with Gasteiger partial charge in [-0.15, -0.1) is 6.42 Å². The summed E-state index contributed by atoms with van der Waals surface area (Å²) in [6, 6.07) is 19.5. The summed E-state index contributed by atoms with van der Waals surface area (Å²) in [6.07, 6.45) is 5.40. The van der Waals surface area contributed by atoms with E-state index >= 15 is 0 Å². The van der Waals surface area contributed by atoms with Gasteiger partial charge in [-0.1, -0.05) is 18.1 Å². The molecule has 1 aliphatic heterocycles. The van der Waals surface area contributed by atoms with Crippen LogP contribution in [0.25, 0.3) is 0 Å². The van der Waals surface area contributed by atoms with Gasteiger partial charge in [0.05, 0.1) is 52.9 Å². The van der Waals surface area contributed by atoms with E-state index in [1.165, 1.54) is 0 Å². The third kappa shape index (κ3) is 11.1. The van der Waals surface area contributed by atoms with Gasteiger partial charge < -0.3 is 43.2 Å². The molecule has 0 spiro atoms. The number of hydrogen-bond donors (Lipinski definition) is 1. The number of ether oxygens (including phenoxy) is 8. The Hall–Kier alpha value is -4.27. The summed E-state index contributed by atoms with van der Waals surface area (Å²) in [5.41, 5.74) is 1.74. The first kappa shape index (κ1) is 31.7. The molecule has 0 fully saturated rings. The van der Waals surface area contributed by atoms with Crippen LogP contribution < -0.4 is 24.3 Å². The SMILES string of the molecule is C#Cc1ccc(C(=O)Nc2ccc3c(c2)OCCOCCOCCOc2ccccc2OCCOCCOCCO3)cc1. The van der Waals surface area contributed by atoms with Crippen molar-refractivity contribution in [3.8, 4) is 35.3 Å². The number of fused-ring (bicyclic) bond motifs is 2. The van der Waals surface area contributed by atoms with Gasteiger partial charge in [0.15, 0.2) is 23.0 Å².